The zero-order chi connectivity index (χ0) is 21.0. The lowest BCUT2D eigenvalue weighted by atomic mass is 10.1. The Morgan fingerprint density at radius 2 is 1.79 bits per heavy atom. The highest BCUT2D eigenvalue weighted by molar-refractivity contribution is 7.85. The van der Waals surface area contributed by atoms with E-state index in [1.54, 1.807) is 25.7 Å². The van der Waals surface area contributed by atoms with Crippen molar-refractivity contribution in [3.63, 3.8) is 0 Å². The minimum Gasteiger partial charge on any atom is -0.462 e. The fourth-order valence-corrected chi connectivity index (χ4v) is 5.36. The summed E-state index contributed by atoms with van der Waals surface area (Å²) in [5.41, 5.74) is 0.572. The molecule has 1 fully saturated rings. The Labute approximate surface area is 171 Å². The first-order valence-corrected chi connectivity index (χ1v) is 11.3. The van der Waals surface area contributed by atoms with Crippen LogP contribution in [0.2, 0.25) is 0 Å². The van der Waals surface area contributed by atoms with Crippen molar-refractivity contribution in [3.05, 3.63) is 16.0 Å². The number of hydrogen-bond donors (Lipinski definition) is 1. The molecule has 1 saturated heterocycles. The van der Waals surface area contributed by atoms with Crippen molar-refractivity contribution >= 4 is 45.1 Å². The van der Waals surface area contributed by atoms with Crippen LogP contribution in [0.3, 0.4) is 0 Å². The number of nitrogens with one attached hydrogen (secondary N) is 1. The summed E-state index contributed by atoms with van der Waals surface area (Å²) in [4.78, 5) is 39.3. The maximum absolute atomic E-state index is 12.8. The van der Waals surface area contributed by atoms with Gasteiger partial charge in [-0.1, -0.05) is 0 Å². The van der Waals surface area contributed by atoms with Crippen LogP contribution < -0.4 is 5.32 Å². The molecule has 3 atom stereocenters. The number of carbonyl (C=O) groups is 3. The van der Waals surface area contributed by atoms with Crippen molar-refractivity contribution in [2.75, 3.05) is 30.8 Å². The molecule has 1 aromatic heterocycles. The molecule has 2 rings (SSSR count). The molecule has 0 radical (unpaired) electrons. The average Bonchev–Trinajstić information content (AvgIpc) is 2.96. The van der Waals surface area contributed by atoms with Crippen LogP contribution in [0, 0.1) is 6.92 Å². The van der Waals surface area contributed by atoms with Gasteiger partial charge in [0.15, 0.2) is 0 Å². The number of ether oxygens (including phenoxy) is 2. The summed E-state index contributed by atoms with van der Waals surface area (Å²) < 4.78 is 22.1. The van der Waals surface area contributed by atoms with Crippen LogP contribution in [0.25, 0.3) is 0 Å². The Bertz CT molecular complexity index is 791. The van der Waals surface area contributed by atoms with Gasteiger partial charge in [-0.05, 0) is 40.2 Å². The van der Waals surface area contributed by atoms with E-state index in [1.165, 1.54) is 0 Å². The largest absolute Gasteiger partial charge is 0.462 e. The number of nitrogens with zero attached hydrogens (tertiary/aromatic N) is 1. The second-order valence-electron chi connectivity index (χ2n) is 6.36. The van der Waals surface area contributed by atoms with Gasteiger partial charge in [0, 0.05) is 29.1 Å². The van der Waals surface area contributed by atoms with Crippen molar-refractivity contribution in [3.8, 4) is 0 Å². The van der Waals surface area contributed by atoms with Gasteiger partial charge in [0.25, 0.3) is 0 Å². The third-order valence-electron chi connectivity index (χ3n) is 4.69. The second kappa shape index (κ2) is 9.51. The highest BCUT2D eigenvalue weighted by Crippen LogP contribution is 2.35. The van der Waals surface area contributed by atoms with Crippen LogP contribution in [-0.2, 0) is 20.3 Å². The minimum absolute atomic E-state index is 0.149. The Morgan fingerprint density at radius 1 is 1.18 bits per heavy atom. The number of urea groups is 1. The Hall–Kier alpha value is -1.94. The van der Waals surface area contributed by atoms with Crippen LogP contribution in [0.4, 0.5) is 9.80 Å². The number of hydrogen-bond acceptors (Lipinski definition) is 7. The van der Waals surface area contributed by atoms with Gasteiger partial charge < -0.3 is 14.4 Å². The lowest BCUT2D eigenvalue weighted by Gasteiger charge is -2.37. The van der Waals surface area contributed by atoms with Gasteiger partial charge in [-0.3, -0.25) is 9.53 Å². The molecule has 0 aromatic carbocycles. The molecule has 1 aromatic rings. The van der Waals surface area contributed by atoms with Crippen molar-refractivity contribution in [2.24, 2.45) is 0 Å². The minimum atomic E-state index is -0.976. The van der Waals surface area contributed by atoms with Crippen LogP contribution >= 0.6 is 11.3 Å². The Kier molecular flexibility index (Phi) is 7.59. The number of anilines is 1. The zero-order valence-electron chi connectivity index (χ0n) is 16.7. The lowest BCUT2D eigenvalue weighted by Crippen LogP contribution is -2.53. The van der Waals surface area contributed by atoms with E-state index in [0.29, 0.717) is 17.9 Å². The summed E-state index contributed by atoms with van der Waals surface area (Å²) in [5, 5.41) is 2.84. The first-order valence-electron chi connectivity index (χ1n) is 9.15. The molecule has 28 heavy (non-hydrogen) atoms. The molecule has 1 aliphatic rings. The van der Waals surface area contributed by atoms with Crippen LogP contribution in [0.5, 0.6) is 0 Å². The maximum Gasteiger partial charge on any atom is 0.348 e. The maximum atomic E-state index is 12.8. The summed E-state index contributed by atoms with van der Waals surface area (Å²) >= 11 is 0.989. The fourth-order valence-electron chi connectivity index (χ4n) is 2.95. The van der Waals surface area contributed by atoms with Gasteiger partial charge in [-0.2, -0.15) is 0 Å². The molecule has 0 aliphatic carbocycles. The van der Waals surface area contributed by atoms with Gasteiger partial charge in [0.1, 0.15) is 9.88 Å². The molecule has 8 nitrogen and oxygen atoms in total. The van der Waals surface area contributed by atoms with E-state index in [1.807, 2.05) is 13.8 Å². The molecule has 156 valence electrons. The molecule has 1 N–H and O–H groups in total. The predicted octanol–water partition coefficient (Wildman–Crippen LogP) is 2.78. The number of amides is 2. The SMILES string of the molecule is CCOC(=O)c1sc(NC(=O)N2CCS(=O)C(C)C2C)c(C(=O)OCC)c1C. The Morgan fingerprint density at radius 3 is 2.39 bits per heavy atom. The highest BCUT2D eigenvalue weighted by Gasteiger charge is 2.34. The van der Waals surface area contributed by atoms with E-state index < -0.39 is 28.8 Å². The van der Waals surface area contributed by atoms with Crippen LogP contribution in [0.15, 0.2) is 0 Å². The van der Waals surface area contributed by atoms with E-state index in [4.69, 9.17) is 9.47 Å². The van der Waals surface area contributed by atoms with E-state index in [9.17, 15) is 18.6 Å². The number of rotatable bonds is 5. The first-order chi connectivity index (χ1) is 13.2. The zero-order valence-corrected chi connectivity index (χ0v) is 18.3. The molecular formula is C18H26N2O6S2. The van der Waals surface area contributed by atoms with E-state index in [2.05, 4.69) is 5.32 Å². The Balaban J connectivity index is 2.34. The van der Waals surface area contributed by atoms with Gasteiger partial charge in [0.2, 0.25) is 0 Å². The molecule has 0 saturated carbocycles. The third-order valence-corrected chi connectivity index (χ3v) is 7.68. The van der Waals surface area contributed by atoms with Gasteiger partial charge in [-0.25, -0.2) is 14.4 Å². The van der Waals surface area contributed by atoms with E-state index in [-0.39, 0.29) is 39.9 Å². The van der Waals surface area contributed by atoms with Crippen molar-refractivity contribution in [2.45, 2.75) is 45.9 Å². The van der Waals surface area contributed by atoms with Gasteiger partial charge >= 0.3 is 18.0 Å². The predicted molar refractivity (Wildman–Crippen MR) is 109 cm³/mol. The lowest BCUT2D eigenvalue weighted by molar-refractivity contribution is 0.0527. The first kappa shape index (κ1) is 22.4. The standard InChI is InChI=1S/C18H26N2O6S2/c1-6-25-16(21)13-10(3)14(17(22)26-7-2)27-15(13)19-18(23)20-8-9-28(24)12(5)11(20)4/h11-12H,6-9H2,1-5H3,(H,19,23). The van der Waals surface area contributed by atoms with Crippen molar-refractivity contribution in [1.82, 2.24) is 4.90 Å². The molecule has 3 unspecified atom stereocenters. The van der Waals surface area contributed by atoms with E-state index >= 15 is 0 Å². The summed E-state index contributed by atoms with van der Waals surface area (Å²) in [5.74, 6) is -0.754. The van der Waals surface area contributed by atoms with Crippen LogP contribution in [0.1, 0.15) is 53.3 Å². The highest BCUT2D eigenvalue weighted by atomic mass is 32.2. The fraction of sp³-hybridized carbons (Fsp3) is 0.611. The number of esters is 2. The van der Waals surface area contributed by atoms with E-state index in [0.717, 1.165) is 11.3 Å². The van der Waals surface area contributed by atoms with Crippen molar-refractivity contribution in [1.29, 1.82) is 0 Å². The van der Waals surface area contributed by atoms with Gasteiger partial charge in [0.05, 0.1) is 24.0 Å². The quantitative estimate of drug-likeness (QED) is 0.721. The number of thiophene rings is 1. The normalized spacial score (nSPS) is 21.9. The summed E-state index contributed by atoms with van der Waals surface area (Å²) in [7, 11) is -0.976. The molecular weight excluding hydrogens is 404 g/mol. The monoisotopic (exact) mass is 430 g/mol. The molecule has 0 spiro atoms. The summed E-state index contributed by atoms with van der Waals surface area (Å²) in [6, 6.07) is -0.621. The topological polar surface area (TPSA) is 102 Å². The summed E-state index contributed by atoms with van der Waals surface area (Å²) in [6.45, 7) is 9.41. The molecule has 10 heteroatoms. The molecule has 2 heterocycles. The number of carbonyl (C=O) groups excluding carboxylic acids is 3. The smallest absolute Gasteiger partial charge is 0.348 e. The van der Waals surface area contributed by atoms with Crippen molar-refractivity contribution < 1.29 is 28.1 Å². The summed E-state index contributed by atoms with van der Waals surface area (Å²) in [6.07, 6.45) is 0. The van der Waals surface area contributed by atoms with Gasteiger partial charge in [-0.15, -0.1) is 11.3 Å². The average molecular weight is 431 g/mol. The van der Waals surface area contributed by atoms with Crippen LogP contribution in [-0.4, -0.2) is 63.9 Å². The molecule has 0 bridgehead atoms. The third kappa shape index (κ3) is 4.54. The molecule has 1 aliphatic heterocycles. The molecule has 2 amide bonds. The second-order valence-corrected chi connectivity index (χ2v) is 9.29.